The third kappa shape index (κ3) is 5.96. The highest BCUT2D eigenvalue weighted by Gasteiger charge is 2.68. The third-order valence-corrected chi connectivity index (χ3v) is 20.8. The Morgan fingerprint density at radius 1 is 0.530 bits per heavy atom. The van der Waals surface area contributed by atoms with Crippen LogP contribution < -0.4 is 0 Å². The molecule has 4 nitrogen and oxygen atoms in total. The minimum atomic E-state index is -2.06. The van der Waals surface area contributed by atoms with Gasteiger partial charge in [-0.15, -0.1) is 0 Å². The number of hydrogen-bond donors (Lipinski definition) is 0. The van der Waals surface area contributed by atoms with E-state index in [0.29, 0.717) is 23.7 Å². The molecule has 0 aromatic heterocycles. The van der Waals surface area contributed by atoms with Crippen molar-refractivity contribution in [3.8, 4) is 0 Å². The fourth-order valence-corrected chi connectivity index (χ4v) is 17.4. The summed E-state index contributed by atoms with van der Waals surface area (Å²) in [5.74, 6) is 2.06. The van der Waals surface area contributed by atoms with Crippen molar-refractivity contribution in [1.29, 1.82) is 0 Å². The zero-order valence-electron chi connectivity index (χ0n) is 45.9. The van der Waals surface area contributed by atoms with E-state index in [0.717, 1.165) is 77.0 Å². The maximum absolute atomic E-state index is 7.95. The minimum Gasteiger partial charge on any atom is -0.359 e. The molecule has 0 N–H and O–H groups in total. The lowest BCUT2D eigenvalue weighted by Gasteiger charge is -2.54. The van der Waals surface area contributed by atoms with Crippen molar-refractivity contribution in [2.75, 3.05) is 28.0 Å². The number of allylic oxidation sites excluding steroid dienone is 2. The summed E-state index contributed by atoms with van der Waals surface area (Å²) in [6.45, 7) is 0.930. The molecule has 12 atom stereocenters. The molecule has 6 fully saturated rings. The maximum Gasteiger partial charge on any atom is 0.0974 e. The smallest absolute Gasteiger partial charge is 0.0974 e. The van der Waals surface area contributed by atoms with Gasteiger partial charge in [-0.05, 0) is 220 Å². The van der Waals surface area contributed by atoms with Crippen LogP contribution in [0.4, 0.5) is 0 Å². The van der Waals surface area contributed by atoms with Crippen LogP contribution in [0.2, 0.25) is 0 Å². The van der Waals surface area contributed by atoms with Crippen molar-refractivity contribution in [1.82, 2.24) is 9.80 Å². The van der Waals surface area contributed by atoms with Gasteiger partial charge >= 0.3 is 0 Å². The standard InChI is InChI=1S/2C31H37NO/c2*1-29-15-14-25-19-24-10-11-26(32(2)3)20-30(24)16-17-31(25,33-30)28(29)13-12-27(29)23-9-8-21-6-4-5-7-22(21)18-23/h2*4-9,14,18-19,26-28H,10-13,15-17,20H2,1-3H3/t26-,27+,28+,29+,30+,31+;26-,27-,28-,29-,30-,31-/m01/s1/i2*2D3. The van der Waals surface area contributed by atoms with Gasteiger partial charge in [0.2, 0.25) is 0 Å². The van der Waals surface area contributed by atoms with Crippen molar-refractivity contribution < 1.29 is 17.7 Å². The Hall–Kier alpha value is -3.80. The molecule has 4 aromatic carbocycles. The Balaban J connectivity index is 0.000000140. The van der Waals surface area contributed by atoms with Crippen LogP contribution in [0.5, 0.6) is 0 Å². The Labute approximate surface area is 404 Å². The minimum absolute atomic E-state index is 0.0410. The molecule has 0 unspecified atom stereocenters. The maximum atomic E-state index is 7.95. The molecule has 344 valence electrons. The second-order valence-corrected chi connectivity index (χ2v) is 23.6. The fourth-order valence-electron chi connectivity index (χ4n) is 17.4. The zero-order valence-corrected chi connectivity index (χ0v) is 39.9. The topological polar surface area (TPSA) is 24.9 Å². The summed E-state index contributed by atoms with van der Waals surface area (Å²) < 4.78 is 62.4. The van der Waals surface area contributed by atoms with Crippen LogP contribution >= 0.6 is 0 Å². The zero-order chi connectivity index (χ0) is 49.8. The lowest BCUT2D eigenvalue weighted by atomic mass is 9.58. The van der Waals surface area contributed by atoms with E-state index in [1.54, 1.807) is 23.9 Å². The Bertz CT molecular complexity index is 2790. The van der Waals surface area contributed by atoms with Gasteiger partial charge in [-0.1, -0.05) is 123 Å². The average molecular weight is 885 g/mol. The SMILES string of the molecule is [2H]C([2H])([2H])N(C)[C@@H]1CCC2=CC3=CC[C@]4(C)[C@@H](c5ccc6ccccc6c5)CC[C@H]4[C@@]34CC[C@]2(C1)O4.[2H]C([2H])([2H])N(C)[C@H]1CCC2=CC3=CC[C@]4(C)[C@@H](c5ccc6ccccc6c5)CC[C@H]4[C@@]34CC[C@]2(C1)O4. The Kier molecular flexibility index (Phi) is 8.15. The number of fused-ring (bicyclic) bond motifs is 4. The molecule has 4 heterocycles. The van der Waals surface area contributed by atoms with E-state index in [2.05, 4.69) is 123 Å². The van der Waals surface area contributed by atoms with Gasteiger partial charge in [0.25, 0.3) is 0 Å². The van der Waals surface area contributed by atoms with E-state index in [1.807, 2.05) is 0 Å². The van der Waals surface area contributed by atoms with E-state index >= 15 is 0 Å². The van der Waals surface area contributed by atoms with Crippen LogP contribution in [0, 0.1) is 22.7 Å². The van der Waals surface area contributed by atoms with Crippen LogP contribution in [0.1, 0.15) is 148 Å². The summed E-state index contributed by atoms with van der Waals surface area (Å²) in [5.41, 5.74) is 8.02. The summed E-state index contributed by atoms with van der Waals surface area (Å²) in [4.78, 5) is 3.24. The molecule has 4 bridgehead atoms. The van der Waals surface area contributed by atoms with E-state index in [1.165, 1.54) is 80.6 Å². The normalized spacial score (nSPS) is 43.1. The molecule has 4 spiro atoms. The first-order valence-electron chi connectivity index (χ1n) is 29.0. The van der Waals surface area contributed by atoms with Gasteiger partial charge in [0, 0.05) is 20.3 Å². The number of benzene rings is 4. The molecule has 4 aromatic rings. The number of ether oxygens (including phenoxy) is 2. The van der Waals surface area contributed by atoms with E-state index in [9.17, 15) is 0 Å². The summed E-state index contributed by atoms with van der Waals surface area (Å²) in [6.07, 6.45) is 26.5. The van der Waals surface area contributed by atoms with Gasteiger partial charge < -0.3 is 19.3 Å². The predicted molar refractivity (Wildman–Crippen MR) is 271 cm³/mol. The van der Waals surface area contributed by atoms with Crippen molar-refractivity contribution >= 4 is 21.5 Å². The molecular formula is C62H74N2O2. The van der Waals surface area contributed by atoms with Crippen LogP contribution in [0.3, 0.4) is 0 Å². The number of rotatable bonds is 4. The summed E-state index contributed by atoms with van der Waals surface area (Å²) in [7, 11) is 3.54. The average Bonchev–Trinajstić information content (AvgIpc) is 4.10. The molecule has 6 aliphatic carbocycles. The van der Waals surface area contributed by atoms with Gasteiger partial charge in [-0.3, -0.25) is 0 Å². The van der Waals surface area contributed by atoms with E-state index in [4.69, 9.17) is 17.7 Å². The van der Waals surface area contributed by atoms with Crippen molar-refractivity contribution in [3.63, 3.8) is 0 Å². The van der Waals surface area contributed by atoms with Gasteiger partial charge in [-0.25, -0.2) is 0 Å². The first kappa shape index (κ1) is 36.2. The van der Waals surface area contributed by atoms with Gasteiger partial charge in [0.05, 0.1) is 22.4 Å². The number of nitrogens with zero attached hydrogens (tertiary/aromatic N) is 2. The molecule has 4 saturated carbocycles. The van der Waals surface area contributed by atoms with Crippen LogP contribution in [-0.2, 0) is 9.47 Å². The lowest BCUT2D eigenvalue weighted by molar-refractivity contribution is -0.139. The fraction of sp³-hybridized carbons (Fsp3) is 0.548. The van der Waals surface area contributed by atoms with Gasteiger partial charge in [0.1, 0.15) is 0 Å². The van der Waals surface area contributed by atoms with Crippen molar-refractivity contribution in [2.24, 2.45) is 22.7 Å². The quantitative estimate of drug-likeness (QED) is 0.204. The predicted octanol–water partition coefficient (Wildman–Crippen LogP) is 14.0. The first-order chi connectivity index (χ1) is 34.3. The molecule has 2 saturated heterocycles. The molecule has 4 heteroatoms. The monoisotopic (exact) mass is 885 g/mol. The molecule has 66 heavy (non-hydrogen) atoms. The molecule has 10 aliphatic rings. The van der Waals surface area contributed by atoms with Gasteiger partial charge in [0.15, 0.2) is 0 Å². The number of hydrogen-bond acceptors (Lipinski definition) is 4. The van der Waals surface area contributed by atoms with Crippen LogP contribution in [-0.4, -0.2) is 72.3 Å². The third-order valence-electron chi connectivity index (χ3n) is 20.8. The van der Waals surface area contributed by atoms with Crippen molar-refractivity contribution in [2.45, 2.75) is 163 Å². The molecule has 0 amide bonds. The molecular weight excluding hydrogens is 805 g/mol. The Morgan fingerprint density at radius 3 is 1.41 bits per heavy atom. The highest BCUT2D eigenvalue weighted by molar-refractivity contribution is 5.84. The largest absolute Gasteiger partial charge is 0.359 e. The van der Waals surface area contributed by atoms with Crippen LogP contribution in [0.25, 0.3) is 21.5 Å². The van der Waals surface area contributed by atoms with E-state index in [-0.39, 0.29) is 45.3 Å². The second-order valence-electron chi connectivity index (χ2n) is 23.6. The summed E-state index contributed by atoms with van der Waals surface area (Å²) in [5, 5.41) is 5.29. The Morgan fingerprint density at radius 2 is 0.970 bits per heavy atom. The molecule has 0 radical (unpaired) electrons. The summed E-state index contributed by atoms with van der Waals surface area (Å²) >= 11 is 0. The van der Waals surface area contributed by atoms with Gasteiger partial charge in [-0.2, -0.15) is 0 Å². The highest BCUT2D eigenvalue weighted by Crippen LogP contribution is 2.71. The molecule has 14 rings (SSSR count). The van der Waals surface area contributed by atoms with E-state index < -0.39 is 14.0 Å². The van der Waals surface area contributed by atoms with Crippen molar-refractivity contribution in [3.05, 3.63) is 143 Å². The second kappa shape index (κ2) is 14.9. The summed E-state index contributed by atoms with van der Waals surface area (Å²) in [6, 6.07) is 31.6. The highest BCUT2D eigenvalue weighted by atomic mass is 16.5. The van der Waals surface area contributed by atoms with Crippen LogP contribution in [0.15, 0.2) is 132 Å². The molecule has 4 aliphatic heterocycles. The first-order valence-corrected chi connectivity index (χ1v) is 26.0. The lowest BCUT2D eigenvalue weighted by Crippen LogP contribution is -2.55.